The van der Waals surface area contributed by atoms with Crippen LogP contribution in [0.1, 0.15) is 0 Å². The summed E-state index contributed by atoms with van der Waals surface area (Å²) in [5.41, 5.74) is 6.39. The smallest absolute Gasteiger partial charge is 0.265 e. The van der Waals surface area contributed by atoms with Crippen LogP contribution in [0.15, 0.2) is 46.0 Å². The third-order valence-electron chi connectivity index (χ3n) is 2.67. The minimum absolute atomic E-state index is 0.234. The fourth-order valence-corrected chi connectivity index (χ4v) is 3.21. The van der Waals surface area contributed by atoms with E-state index in [0.717, 1.165) is 27.2 Å². The van der Waals surface area contributed by atoms with E-state index >= 15 is 0 Å². The van der Waals surface area contributed by atoms with Gasteiger partial charge in [-0.15, -0.1) is 0 Å². The van der Waals surface area contributed by atoms with E-state index in [-0.39, 0.29) is 10.6 Å². The summed E-state index contributed by atoms with van der Waals surface area (Å²) in [6.45, 7) is 0. The molecule has 0 radical (unpaired) electrons. The number of nitrogens with two attached hydrogens (primary N) is 1. The molecule has 106 valence electrons. The molecule has 0 atom stereocenters. The van der Waals surface area contributed by atoms with Gasteiger partial charge in [0.15, 0.2) is 0 Å². The van der Waals surface area contributed by atoms with E-state index in [1.165, 1.54) is 7.05 Å². The van der Waals surface area contributed by atoms with Gasteiger partial charge in [-0.25, -0.2) is 12.8 Å². The average Bonchev–Trinajstić information content (AvgIpc) is 2.38. The summed E-state index contributed by atoms with van der Waals surface area (Å²) in [7, 11) is -2.57. The van der Waals surface area contributed by atoms with Crippen molar-refractivity contribution in [1.82, 2.24) is 4.98 Å². The highest BCUT2D eigenvalue weighted by atomic mass is 79.9. The van der Waals surface area contributed by atoms with Gasteiger partial charge in [0.2, 0.25) is 0 Å². The molecule has 1 heterocycles. The van der Waals surface area contributed by atoms with Crippen LogP contribution in [-0.4, -0.2) is 20.4 Å². The van der Waals surface area contributed by atoms with Gasteiger partial charge in [0, 0.05) is 17.7 Å². The number of hydrogen-bond donors (Lipinski definition) is 1. The van der Waals surface area contributed by atoms with E-state index in [9.17, 15) is 12.8 Å². The lowest BCUT2D eigenvalue weighted by molar-refractivity contribution is 0.587. The number of nitrogen functional groups attached to an aromatic ring is 1. The second-order valence-electron chi connectivity index (χ2n) is 4.01. The summed E-state index contributed by atoms with van der Waals surface area (Å²) in [4.78, 5) is 3.31. The first-order valence-corrected chi connectivity index (χ1v) is 7.70. The summed E-state index contributed by atoms with van der Waals surface area (Å²) in [5, 5.41) is 0. The lowest BCUT2D eigenvalue weighted by Gasteiger charge is -2.21. The Bertz CT molecular complexity index is 752. The number of aromatic nitrogens is 1. The molecule has 0 saturated carbocycles. The molecular formula is C12H11BrFN3O2S. The monoisotopic (exact) mass is 359 g/mol. The van der Waals surface area contributed by atoms with Crippen molar-refractivity contribution in [2.45, 2.75) is 4.90 Å². The zero-order valence-corrected chi connectivity index (χ0v) is 12.8. The predicted octanol–water partition coefficient (Wildman–Crippen LogP) is 2.39. The first kappa shape index (κ1) is 14.7. The SMILES string of the molecule is CN(c1ccc(Br)cc1N)S(=O)(=O)c1cncc(F)c1. The lowest BCUT2D eigenvalue weighted by atomic mass is 10.3. The maximum Gasteiger partial charge on any atom is 0.265 e. The Morgan fingerprint density at radius 3 is 2.60 bits per heavy atom. The van der Waals surface area contributed by atoms with Crippen molar-refractivity contribution in [2.75, 3.05) is 17.1 Å². The second-order valence-corrected chi connectivity index (χ2v) is 6.90. The van der Waals surface area contributed by atoms with Crippen molar-refractivity contribution < 1.29 is 12.8 Å². The minimum atomic E-state index is -3.91. The van der Waals surface area contributed by atoms with Gasteiger partial charge < -0.3 is 5.73 Å². The summed E-state index contributed by atoms with van der Waals surface area (Å²) in [5.74, 6) is -0.719. The molecule has 0 unspecified atom stereocenters. The van der Waals surface area contributed by atoms with E-state index < -0.39 is 15.8 Å². The van der Waals surface area contributed by atoms with Crippen LogP contribution in [0.2, 0.25) is 0 Å². The van der Waals surface area contributed by atoms with Crippen LogP contribution < -0.4 is 10.0 Å². The zero-order chi connectivity index (χ0) is 14.9. The average molecular weight is 360 g/mol. The summed E-state index contributed by atoms with van der Waals surface area (Å²) in [6, 6.07) is 5.73. The molecule has 20 heavy (non-hydrogen) atoms. The van der Waals surface area contributed by atoms with Gasteiger partial charge in [-0.05, 0) is 24.3 Å². The number of rotatable bonds is 3. The van der Waals surface area contributed by atoms with Crippen LogP contribution in [0.3, 0.4) is 0 Å². The van der Waals surface area contributed by atoms with Crippen molar-refractivity contribution in [2.24, 2.45) is 0 Å². The highest BCUT2D eigenvalue weighted by molar-refractivity contribution is 9.10. The standard InChI is InChI=1S/C12H11BrFN3O2S/c1-17(12-3-2-8(13)4-11(12)15)20(18,19)10-5-9(14)6-16-7-10/h2-7H,15H2,1H3. The first-order chi connectivity index (χ1) is 9.32. The van der Waals surface area contributed by atoms with Crippen LogP contribution in [0, 0.1) is 5.82 Å². The van der Waals surface area contributed by atoms with E-state index in [0.29, 0.717) is 5.69 Å². The van der Waals surface area contributed by atoms with Gasteiger partial charge in [-0.3, -0.25) is 9.29 Å². The zero-order valence-electron chi connectivity index (χ0n) is 10.4. The van der Waals surface area contributed by atoms with Gasteiger partial charge in [-0.1, -0.05) is 15.9 Å². The Morgan fingerprint density at radius 2 is 2.00 bits per heavy atom. The number of halogens is 2. The summed E-state index contributed by atoms with van der Waals surface area (Å²) >= 11 is 3.24. The summed E-state index contributed by atoms with van der Waals surface area (Å²) < 4.78 is 39.6. The molecule has 0 aliphatic carbocycles. The Kier molecular flexibility index (Phi) is 3.96. The molecule has 0 amide bonds. The molecule has 0 saturated heterocycles. The largest absolute Gasteiger partial charge is 0.397 e. The van der Waals surface area contributed by atoms with Gasteiger partial charge >= 0.3 is 0 Å². The van der Waals surface area contributed by atoms with E-state index in [1.54, 1.807) is 18.2 Å². The molecule has 2 rings (SSSR count). The third-order valence-corrected chi connectivity index (χ3v) is 4.90. The van der Waals surface area contributed by atoms with Gasteiger partial charge in [0.1, 0.15) is 10.7 Å². The van der Waals surface area contributed by atoms with Crippen LogP contribution in [0.5, 0.6) is 0 Å². The van der Waals surface area contributed by atoms with Gasteiger partial charge in [0.05, 0.1) is 17.6 Å². The molecule has 2 N–H and O–H groups in total. The Hall–Kier alpha value is -1.67. The molecule has 0 aliphatic heterocycles. The van der Waals surface area contributed by atoms with Gasteiger partial charge in [-0.2, -0.15) is 0 Å². The highest BCUT2D eigenvalue weighted by Gasteiger charge is 2.23. The van der Waals surface area contributed by atoms with Crippen LogP contribution >= 0.6 is 15.9 Å². The minimum Gasteiger partial charge on any atom is -0.397 e. The van der Waals surface area contributed by atoms with Crippen LogP contribution in [0.25, 0.3) is 0 Å². The second kappa shape index (κ2) is 5.37. The number of hydrogen-bond acceptors (Lipinski definition) is 4. The molecule has 1 aromatic carbocycles. The molecule has 5 nitrogen and oxygen atoms in total. The van der Waals surface area contributed by atoms with Gasteiger partial charge in [0.25, 0.3) is 10.0 Å². The number of pyridine rings is 1. The van der Waals surface area contributed by atoms with Crippen molar-refractivity contribution in [1.29, 1.82) is 0 Å². The maximum absolute atomic E-state index is 13.1. The number of sulfonamides is 1. The quantitative estimate of drug-likeness (QED) is 0.853. The topological polar surface area (TPSA) is 76.3 Å². The molecule has 0 spiro atoms. The van der Waals surface area contributed by atoms with Crippen molar-refractivity contribution in [3.05, 3.63) is 46.9 Å². The fourth-order valence-electron chi connectivity index (χ4n) is 1.63. The van der Waals surface area contributed by atoms with Crippen molar-refractivity contribution in [3.63, 3.8) is 0 Å². The third kappa shape index (κ3) is 2.75. The molecule has 0 bridgehead atoms. The molecule has 0 fully saturated rings. The van der Waals surface area contributed by atoms with E-state index in [4.69, 9.17) is 5.73 Å². The summed E-state index contributed by atoms with van der Waals surface area (Å²) in [6.07, 6.45) is 2.02. The lowest BCUT2D eigenvalue weighted by Crippen LogP contribution is -2.27. The maximum atomic E-state index is 13.1. The number of benzene rings is 1. The highest BCUT2D eigenvalue weighted by Crippen LogP contribution is 2.29. The molecule has 8 heteroatoms. The van der Waals surface area contributed by atoms with Crippen molar-refractivity contribution in [3.8, 4) is 0 Å². The van der Waals surface area contributed by atoms with Crippen LogP contribution in [-0.2, 0) is 10.0 Å². The fraction of sp³-hybridized carbons (Fsp3) is 0.0833. The first-order valence-electron chi connectivity index (χ1n) is 5.47. The number of nitrogens with zero attached hydrogens (tertiary/aromatic N) is 2. The number of anilines is 2. The molecule has 2 aromatic rings. The Morgan fingerprint density at radius 1 is 1.30 bits per heavy atom. The van der Waals surface area contributed by atoms with Crippen molar-refractivity contribution >= 4 is 37.3 Å². The Labute approximate surface area is 124 Å². The molecular weight excluding hydrogens is 349 g/mol. The predicted molar refractivity (Wildman–Crippen MR) is 78.3 cm³/mol. The van der Waals surface area contributed by atoms with E-state index in [2.05, 4.69) is 20.9 Å². The Balaban J connectivity index is 2.49. The normalized spacial score (nSPS) is 11.3. The molecule has 1 aromatic heterocycles. The van der Waals surface area contributed by atoms with Crippen LogP contribution in [0.4, 0.5) is 15.8 Å². The van der Waals surface area contributed by atoms with E-state index in [1.807, 2.05) is 0 Å². The molecule has 0 aliphatic rings.